The second-order valence-corrected chi connectivity index (χ2v) is 5.58. The highest BCUT2D eigenvalue weighted by Crippen LogP contribution is 2.27. The molecule has 1 atom stereocenters. The van der Waals surface area contributed by atoms with E-state index in [0.29, 0.717) is 6.04 Å². The predicted molar refractivity (Wildman–Crippen MR) is 83.7 cm³/mol. The second kappa shape index (κ2) is 9.10. The van der Waals surface area contributed by atoms with E-state index < -0.39 is 0 Å². The third kappa shape index (κ3) is 5.74. The maximum atomic E-state index is 5.32. The lowest BCUT2D eigenvalue weighted by Gasteiger charge is -2.15. The van der Waals surface area contributed by atoms with Gasteiger partial charge in [-0.05, 0) is 56.0 Å². The summed E-state index contributed by atoms with van der Waals surface area (Å²) in [5, 5.41) is 3.55. The van der Waals surface area contributed by atoms with Crippen LogP contribution < -0.4 is 14.8 Å². The minimum Gasteiger partial charge on any atom is -0.493 e. The highest BCUT2D eigenvalue weighted by molar-refractivity contribution is 7.98. The van der Waals surface area contributed by atoms with Gasteiger partial charge in [0.1, 0.15) is 0 Å². The van der Waals surface area contributed by atoms with Crippen molar-refractivity contribution < 1.29 is 9.47 Å². The van der Waals surface area contributed by atoms with Crippen LogP contribution in [0, 0.1) is 0 Å². The molecule has 4 heteroatoms. The largest absolute Gasteiger partial charge is 0.493 e. The van der Waals surface area contributed by atoms with Crippen LogP contribution in [0.5, 0.6) is 11.5 Å². The van der Waals surface area contributed by atoms with Crippen LogP contribution in [0.2, 0.25) is 0 Å². The van der Waals surface area contributed by atoms with Crippen LogP contribution in [0.4, 0.5) is 0 Å². The SMILES string of the molecule is COc1ccc(CC(C)NCCCSC)cc1OC. The minimum absolute atomic E-state index is 0.472. The average molecular weight is 283 g/mol. The fraction of sp³-hybridized carbons (Fsp3) is 0.600. The molecule has 3 nitrogen and oxygen atoms in total. The zero-order valence-corrected chi connectivity index (χ0v) is 13.2. The molecule has 0 aromatic heterocycles. The molecule has 0 aliphatic heterocycles. The first-order chi connectivity index (χ1) is 9.21. The summed E-state index contributed by atoms with van der Waals surface area (Å²) in [4.78, 5) is 0. The van der Waals surface area contributed by atoms with Crippen LogP contribution in [0.3, 0.4) is 0 Å². The molecule has 0 spiro atoms. The van der Waals surface area contributed by atoms with E-state index in [1.807, 2.05) is 17.8 Å². The lowest BCUT2D eigenvalue weighted by molar-refractivity contribution is 0.354. The monoisotopic (exact) mass is 283 g/mol. The summed E-state index contributed by atoms with van der Waals surface area (Å²) >= 11 is 1.90. The predicted octanol–water partition coefficient (Wildman–Crippen LogP) is 2.98. The average Bonchev–Trinajstić information content (AvgIpc) is 2.43. The van der Waals surface area contributed by atoms with Gasteiger partial charge in [0.25, 0.3) is 0 Å². The van der Waals surface area contributed by atoms with E-state index in [4.69, 9.17) is 9.47 Å². The van der Waals surface area contributed by atoms with Crippen LogP contribution in [0.25, 0.3) is 0 Å². The Kier molecular flexibility index (Phi) is 7.75. The van der Waals surface area contributed by atoms with Gasteiger partial charge in [0.05, 0.1) is 14.2 Å². The van der Waals surface area contributed by atoms with Crippen molar-refractivity contribution >= 4 is 11.8 Å². The Morgan fingerprint density at radius 3 is 2.58 bits per heavy atom. The third-order valence-electron chi connectivity index (χ3n) is 3.01. The number of hydrogen-bond donors (Lipinski definition) is 1. The number of nitrogens with one attached hydrogen (secondary N) is 1. The number of ether oxygens (including phenoxy) is 2. The van der Waals surface area contributed by atoms with Crippen molar-refractivity contribution in [3.63, 3.8) is 0 Å². The topological polar surface area (TPSA) is 30.5 Å². The Bertz CT molecular complexity index is 371. The lowest BCUT2D eigenvalue weighted by Crippen LogP contribution is -2.29. The zero-order chi connectivity index (χ0) is 14.1. The van der Waals surface area contributed by atoms with Gasteiger partial charge in [-0.25, -0.2) is 0 Å². The first-order valence-electron chi connectivity index (χ1n) is 6.64. The standard InChI is InChI=1S/C15H25NO2S/c1-12(16-8-5-9-19-4)10-13-6-7-14(17-2)15(11-13)18-3/h6-7,11-12,16H,5,8-10H2,1-4H3. The molecular weight excluding hydrogens is 258 g/mol. The first-order valence-corrected chi connectivity index (χ1v) is 8.03. The van der Waals surface area contributed by atoms with Crippen LogP contribution in [0.15, 0.2) is 18.2 Å². The zero-order valence-electron chi connectivity index (χ0n) is 12.4. The minimum atomic E-state index is 0.472. The maximum absolute atomic E-state index is 5.32. The molecule has 0 radical (unpaired) electrons. The first kappa shape index (κ1) is 16.2. The van der Waals surface area contributed by atoms with Gasteiger partial charge in [-0.2, -0.15) is 11.8 Å². The Hall–Kier alpha value is -0.870. The summed E-state index contributed by atoms with van der Waals surface area (Å²) in [5.74, 6) is 2.80. The Morgan fingerprint density at radius 1 is 1.21 bits per heavy atom. The van der Waals surface area contributed by atoms with Crippen LogP contribution in [-0.4, -0.2) is 38.8 Å². The number of benzene rings is 1. The fourth-order valence-corrected chi connectivity index (χ4v) is 2.43. The quantitative estimate of drug-likeness (QED) is 0.706. The molecule has 0 aliphatic carbocycles. The molecule has 0 fully saturated rings. The summed E-state index contributed by atoms with van der Waals surface area (Å²) in [7, 11) is 3.33. The van der Waals surface area contributed by atoms with E-state index in [1.54, 1.807) is 14.2 Å². The number of rotatable bonds is 9. The molecule has 0 bridgehead atoms. The summed E-state index contributed by atoms with van der Waals surface area (Å²) in [6.45, 7) is 3.30. The van der Waals surface area contributed by atoms with E-state index in [-0.39, 0.29) is 0 Å². The third-order valence-corrected chi connectivity index (χ3v) is 3.70. The molecule has 1 rings (SSSR count). The molecule has 19 heavy (non-hydrogen) atoms. The van der Waals surface area contributed by atoms with Gasteiger partial charge in [0.15, 0.2) is 11.5 Å². The molecule has 1 N–H and O–H groups in total. The number of thioether (sulfide) groups is 1. The molecule has 0 saturated heterocycles. The molecule has 1 unspecified atom stereocenters. The smallest absolute Gasteiger partial charge is 0.160 e. The summed E-state index contributed by atoms with van der Waals surface area (Å²) in [6, 6.07) is 6.59. The number of hydrogen-bond acceptors (Lipinski definition) is 4. The highest BCUT2D eigenvalue weighted by atomic mass is 32.2. The van der Waals surface area contributed by atoms with Gasteiger partial charge in [-0.3, -0.25) is 0 Å². The summed E-state index contributed by atoms with van der Waals surface area (Å²) in [5.41, 5.74) is 1.27. The van der Waals surface area contributed by atoms with Crippen LogP contribution >= 0.6 is 11.8 Å². The lowest BCUT2D eigenvalue weighted by atomic mass is 10.1. The maximum Gasteiger partial charge on any atom is 0.160 e. The van der Waals surface area contributed by atoms with Gasteiger partial charge in [-0.15, -0.1) is 0 Å². The molecule has 1 aromatic carbocycles. The second-order valence-electron chi connectivity index (χ2n) is 4.59. The molecule has 108 valence electrons. The van der Waals surface area contributed by atoms with Crippen molar-refractivity contribution in [3.8, 4) is 11.5 Å². The highest BCUT2D eigenvalue weighted by Gasteiger charge is 2.07. The van der Waals surface area contributed by atoms with Crippen molar-refractivity contribution in [1.29, 1.82) is 0 Å². The molecule has 0 saturated carbocycles. The molecule has 1 aromatic rings. The summed E-state index contributed by atoms with van der Waals surface area (Å²) < 4.78 is 10.6. The van der Waals surface area contributed by atoms with Gasteiger partial charge in [0.2, 0.25) is 0 Å². The molecule has 0 heterocycles. The van der Waals surface area contributed by atoms with Crippen molar-refractivity contribution in [3.05, 3.63) is 23.8 Å². The van der Waals surface area contributed by atoms with E-state index in [1.165, 1.54) is 17.7 Å². The normalized spacial score (nSPS) is 12.2. The van der Waals surface area contributed by atoms with E-state index in [0.717, 1.165) is 24.5 Å². The van der Waals surface area contributed by atoms with Crippen molar-refractivity contribution in [2.24, 2.45) is 0 Å². The van der Waals surface area contributed by atoms with Gasteiger partial charge in [0, 0.05) is 6.04 Å². The molecule has 0 aliphatic rings. The van der Waals surface area contributed by atoms with Crippen LogP contribution in [-0.2, 0) is 6.42 Å². The van der Waals surface area contributed by atoms with Gasteiger partial charge in [-0.1, -0.05) is 6.07 Å². The van der Waals surface area contributed by atoms with Gasteiger partial charge >= 0.3 is 0 Å². The number of methoxy groups -OCH3 is 2. The molecular formula is C15H25NO2S. The Balaban J connectivity index is 2.47. The van der Waals surface area contributed by atoms with Gasteiger partial charge < -0.3 is 14.8 Å². The van der Waals surface area contributed by atoms with E-state index >= 15 is 0 Å². The van der Waals surface area contributed by atoms with Crippen molar-refractivity contribution in [2.75, 3.05) is 32.8 Å². The Labute approximate surface area is 121 Å². The summed E-state index contributed by atoms with van der Waals surface area (Å²) in [6.07, 6.45) is 4.37. The van der Waals surface area contributed by atoms with E-state index in [2.05, 4.69) is 30.6 Å². The molecule has 0 amide bonds. The van der Waals surface area contributed by atoms with Crippen molar-refractivity contribution in [2.45, 2.75) is 25.8 Å². The van der Waals surface area contributed by atoms with Crippen molar-refractivity contribution in [1.82, 2.24) is 5.32 Å². The fourth-order valence-electron chi connectivity index (χ4n) is 2.00. The Morgan fingerprint density at radius 2 is 1.95 bits per heavy atom. The van der Waals surface area contributed by atoms with E-state index in [9.17, 15) is 0 Å². The van der Waals surface area contributed by atoms with Crippen LogP contribution in [0.1, 0.15) is 18.9 Å².